The van der Waals surface area contributed by atoms with E-state index < -0.39 is 0 Å². The molecule has 2 fully saturated rings. The summed E-state index contributed by atoms with van der Waals surface area (Å²) in [5.41, 5.74) is 2.91. The summed E-state index contributed by atoms with van der Waals surface area (Å²) in [6.07, 6.45) is 4.32. The van der Waals surface area contributed by atoms with Crippen LogP contribution >= 0.6 is 0 Å². The SMILES string of the molecule is COc1ccc2c(c1)[C@H](C)[C@@H]1OCCO[C@@H]1[C@@H]1CCC[C@H]21. The third-order valence-corrected chi connectivity index (χ3v) is 5.70. The Hall–Kier alpha value is -1.06. The summed E-state index contributed by atoms with van der Waals surface area (Å²) < 4.78 is 17.8. The summed E-state index contributed by atoms with van der Waals surface area (Å²) >= 11 is 0. The highest BCUT2D eigenvalue weighted by molar-refractivity contribution is 5.42. The molecule has 1 saturated heterocycles. The zero-order valence-electron chi connectivity index (χ0n) is 12.9. The number of hydrogen-bond donors (Lipinski definition) is 0. The van der Waals surface area contributed by atoms with E-state index in [4.69, 9.17) is 14.2 Å². The van der Waals surface area contributed by atoms with E-state index in [1.165, 1.54) is 30.4 Å². The zero-order chi connectivity index (χ0) is 14.4. The van der Waals surface area contributed by atoms with Gasteiger partial charge < -0.3 is 14.2 Å². The van der Waals surface area contributed by atoms with Crippen LogP contribution in [0.4, 0.5) is 0 Å². The van der Waals surface area contributed by atoms with Gasteiger partial charge in [-0.1, -0.05) is 19.4 Å². The number of rotatable bonds is 1. The van der Waals surface area contributed by atoms with Crippen molar-refractivity contribution in [3.05, 3.63) is 29.3 Å². The Balaban J connectivity index is 1.83. The smallest absolute Gasteiger partial charge is 0.119 e. The first-order valence-electron chi connectivity index (χ1n) is 8.20. The van der Waals surface area contributed by atoms with E-state index >= 15 is 0 Å². The Kier molecular flexibility index (Phi) is 3.43. The van der Waals surface area contributed by atoms with Crippen LogP contribution in [0.3, 0.4) is 0 Å². The second-order valence-corrected chi connectivity index (χ2v) is 6.66. The lowest BCUT2D eigenvalue weighted by molar-refractivity contribution is -0.164. The van der Waals surface area contributed by atoms with Gasteiger partial charge in [0.1, 0.15) is 5.75 Å². The van der Waals surface area contributed by atoms with Gasteiger partial charge in [-0.05, 0) is 47.9 Å². The summed E-state index contributed by atoms with van der Waals surface area (Å²) in [6, 6.07) is 6.61. The second-order valence-electron chi connectivity index (χ2n) is 6.66. The van der Waals surface area contributed by atoms with Crippen LogP contribution in [0.25, 0.3) is 0 Å². The van der Waals surface area contributed by atoms with Gasteiger partial charge in [0.25, 0.3) is 0 Å². The highest BCUT2D eigenvalue weighted by atomic mass is 16.6. The van der Waals surface area contributed by atoms with Crippen LogP contribution in [-0.2, 0) is 9.47 Å². The molecule has 0 aromatic heterocycles. The molecule has 3 heteroatoms. The number of benzene rings is 1. The maximum Gasteiger partial charge on any atom is 0.119 e. The molecule has 0 unspecified atom stereocenters. The quantitative estimate of drug-likeness (QED) is 0.792. The lowest BCUT2D eigenvalue weighted by Crippen LogP contribution is -2.45. The fraction of sp³-hybridized carbons (Fsp3) is 0.667. The van der Waals surface area contributed by atoms with Gasteiger partial charge in [-0.25, -0.2) is 0 Å². The minimum Gasteiger partial charge on any atom is -0.497 e. The van der Waals surface area contributed by atoms with Crippen molar-refractivity contribution < 1.29 is 14.2 Å². The van der Waals surface area contributed by atoms with Gasteiger partial charge in [0, 0.05) is 5.92 Å². The Labute approximate surface area is 126 Å². The summed E-state index contributed by atoms with van der Waals surface area (Å²) in [4.78, 5) is 0. The third kappa shape index (κ3) is 2.09. The molecule has 114 valence electrons. The lowest BCUT2D eigenvalue weighted by Gasteiger charge is -2.38. The molecule has 0 amide bonds. The molecule has 5 atom stereocenters. The van der Waals surface area contributed by atoms with E-state index in [9.17, 15) is 0 Å². The predicted octanol–water partition coefficient (Wildman–Crippen LogP) is 3.48. The molecule has 1 aromatic carbocycles. The fourth-order valence-corrected chi connectivity index (χ4v) is 4.71. The van der Waals surface area contributed by atoms with E-state index in [-0.39, 0.29) is 12.2 Å². The molecular weight excluding hydrogens is 264 g/mol. The van der Waals surface area contributed by atoms with Crippen LogP contribution in [-0.4, -0.2) is 32.5 Å². The van der Waals surface area contributed by atoms with Crippen LogP contribution < -0.4 is 4.74 Å². The van der Waals surface area contributed by atoms with Crippen molar-refractivity contribution in [3.8, 4) is 5.75 Å². The largest absolute Gasteiger partial charge is 0.497 e. The van der Waals surface area contributed by atoms with E-state index in [0.717, 1.165) is 19.0 Å². The van der Waals surface area contributed by atoms with Gasteiger partial charge >= 0.3 is 0 Å². The molecule has 0 bridgehead atoms. The van der Waals surface area contributed by atoms with Gasteiger partial charge in [0.05, 0.1) is 32.5 Å². The first-order chi connectivity index (χ1) is 10.3. The molecule has 4 rings (SSSR count). The van der Waals surface area contributed by atoms with Crippen molar-refractivity contribution in [1.29, 1.82) is 0 Å². The number of hydrogen-bond acceptors (Lipinski definition) is 3. The molecule has 2 aliphatic carbocycles. The minimum absolute atomic E-state index is 0.192. The predicted molar refractivity (Wildman–Crippen MR) is 81.0 cm³/mol. The Bertz CT molecular complexity index is 527. The first-order valence-corrected chi connectivity index (χ1v) is 8.20. The molecule has 0 N–H and O–H groups in total. The molecule has 1 aromatic rings. The average molecular weight is 288 g/mol. The fourth-order valence-electron chi connectivity index (χ4n) is 4.71. The van der Waals surface area contributed by atoms with Crippen LogP contribution in [0.5, 0.6) is 5.75 Å². The van der Waals surface area contributed by atoms with Gasteiger partial charge in [-0.15, -0.1) is 0 Å². The van der Waals surface area contributed by atoms with Crippen LogP contribution in [0.2, 0.25) is 0 Å². The molecular formula is C18H24O3. The van der Waals surface area contributed by atoms with Crippen LogP contribution in [0.1, 0.15) is 49.1 Å². The van der Waals surface area contributed by atoms with E-state index in [1.807, 2.05) is 0 Å². The molecule has 0 spiro atoms. The van der Waals surface area contributed by atoms with E-state index in [0.29, 0.717) is 17.8 Å². The van der Waals surface area contributed by atoms with Crippen molar-refractivity contribution in [2.24, 2.45) is 5.92 Å². The zero-order valence-corrected chi connectivity index (χ0v) is 12.9. The summed E-state index contributed by atoms with van der Waals surface area (Å²) in [5, 5.41) is 0. The number of ether oxygens (including phenoxy) is 3. The van der Waals surface area contributed by atoms with Crippen molar-refractivity contribution in [2.75, 3.05) is 20.3 Å². The third-order valence-electron chi connectivity index (χ3n) is 5.70. The van der Waals surface area contributed by atoms with Crippen LogP contribution in [0, 0.1) is 5.92 Å². The highest BCUT2D eigenvalue weighted by Gasteiger charge is 2.47. The summed E-state index contributed by atoms with van der Waals surface area (Å²) in [5.74, 6) is 2.56. The van der Waals surface area contributed by atoms with Crippen molar-refractivity contribution in [3.63, 3.8) is 0 Å². The number of methoxy groups -OCH3 is 1. The van der Waals surface area contributed by atoms with Crippen LogP contribution in [0.15, 0.2) is 18.2 Å². The second kappa shape index (κ2) is 5.29. The molecule has 21 heavy (non-hydrogen) atoms. The monoisotopic (exact) mass is 288 g/mol. The molecule has 1 aliphatic heterocycles. The molecule has 3 nitrogen and oxygen atoms in total. The van der Waals surface area contributed by atoms with Crippen molar-refractivity contribution >= 4 is 0 Å². The highest BCUT2D eigenvalue weighted by Crippen LogP contribution is 2.51. The van der Waals surface area contributed by atoms with Gasteiger partial charge in [0.15, 0.2) is 0 Å². The summed E-state index contributed by atoms with van der Waals surface area (Å²) in [7, 11) is 1.74. The minimum atomic E-state index is 0.192. The topological polar surface area (TPSA) is 27.7 Å². The van der Waals surface area contributed by atoms with Gasteiger partial charge in [-0.3, -0.25) is 0 Å². The maximum absolute atomic E-state index is 6.18. The Morgan fingerprint density at radius 1 is 1.05 bits per heavy atom. The normalized spacial score (nSPS) is 38.1. The van der Waals surface area contributed by atoms with E-state index in [2.05, 4.69) is 25.1 Å². The Morgan fingerprint density at radius 2 is 1.86 bits per heavy atom. The summed E-state index contributed by atoms with van der Waals surface area (Å²) in [6.45, 7) is 3.75. The maximum atomic E-state index is 6.18. The van der Waals surface area contributed by atoms with Crippen molar-refractivity contribution in [2.45, 2.75) is 50.2 Å². The average Bonchev–Trinajstić information content (AvgIpc) is 2.99. The first kappa shape index (κ1) is 13.6. The molecule has 3 aliphatic rings. The lowest BCUT2D eigenvalue weighted by atomic mass is 9.85. The van der Waals surface area contributed by atoms with Gasteiger partial charge in [-0.2, -0.15) is 0 Å². The van der Waals surface area contributed by atoms with Crippen molar-refractivity contribution in [1.82, 2.24) is 0 Å². The molecule has 1 heterocycles. The molecule has 0 radical (unpaired) electrons. The number of fused-ring (bicyclic) bond motifs is 5. The Morgan fingerprint density at radius 3 is 2.67 bits per heavy atom. The molecule has 1 saturated carbocycles. The van der Waals surface area contributed by atoms with Gasteiger partial charge in [0.2, 0.25) is 0 Å². The standard InChI is InChI=1S/C18H24O3/c1-11-16-10-12(19-2)6-7-14(16)13-4-3-5-15(13)18-17(11)20-8-9-21-18/h6-7,10-11,13,15,17-18H,3-5,8-9H2,1-2H3/t11-,13+,15+,17-,18+/m0/s1. The van der Waals surface area contributed by atoms with E-state index in [1.54, 1.807) is 7.11 Å².